The first-order valence-corrected chi connectivity index (χ1v) is 16.9. The van der Waals surface area contributed by atoms with E-state index in [1.165, 1.54) is 128 Å². The molecule has 2 aromatic rings. The van der Waals surface area contributed by atoms with Crippen LogP contribution in [-0.4, -0.2) is 12.4 Å². The van der Waals surface area contributed by atoms with E-state index < -0.39 is 0 Å². The van der Waals surface area contributed by atoms with Gasteiger partial charge in [0.05, 0.1) is 23.6 Å². The number of hydrogen-bond acceptors (Lipinski definition) is 2. The number of hydrogen-bond donors (Lipinski definition) is 0. The van der Waals surface area contributed by atoms with Crippen LogP contribution in [0.15, 0.2) is 59.3 Å². The molecule has 0 saturated heterocycles. The molecule has 0 atom stereocenters. The lowest BCUT2D eigenvalue weighted by Crippen LogP contribution is -2.33. The van der Waals surface area contributed by atoms with E-state index in [1.807, 2.05) is 12.4 Å². The minimum Gasteiger partial charge on any atom is -0.204 e. The van der Waals surface area contributed by atoms with E-state index in [2.05, 4.69) is 82.2 Å². The van der Waals surface area contributed by atoms with Gasteiger partial charge < -0.3 is 0 Å². The van der Waals surface area contributed by atoms with Gasteiger partial charge in [0, 0.05) is 25.0 Å². The van der Waals surface area contributed by atoms with Crippen LogP contribution in [0.1, 0.15) is 153 Å². The summed E-state index contributed by atoms with van der Waals surface area (Å²) in [6.45, 7) is 6.72. The summed E-state index contributed by atoms with van der Waals surface area (Å²) in [6.07, 6.45) is 39.8. The summed E-state index contributed by atoms with van der Waals surface area (Å²) in [7, 11) is 0. The number of aryl methyl sites for hydroxylation is 2. The molecule has 0 fully saturated rings. The molecule has 0 aliphatic heterocycles. The van der Waals surface area contributed by atoms with Gasteiger partial charge in [-0.05, 0) is 25.0 Å². The van der Waals surface area contributed by atoms with Crippen LogP contribution in [0.5, 0.6) is 0 Å². The van der Waals surface area contributed by atoms with Crippen LogP contribution >= 0.6 is 0 Å². The van der Waals surface area contributed by atoms with Gasteiger partial charge >= 0.3 is 0 Å². The SMILES string of the molecule is CCCCCCCCCCCC[n+]1cccc(/C=N/N=C/c2ccc[n+](CCCCCCCCCCCC)c2)c1. The van der Waals surface area contributed by atoms with E-state index >= 15 is 0 Å². The Bertz CT molecular complexity index is 845. The molecule has 0 aliphatic rings. The second-order valence-corrected chi connectivity index (χ2v) is 11.6. The van der Waals surface area contributed by atoms with Gasteiger partial charge in [0.25, 0.3) is 0 Å². The van der Waals surface area contributed by atoms with Crippen molar-refractivity contribution in [2.75, 3.05) is 0 Å². The quantitative estimate of drug-likeness (QED) is 0.0512. The third-order valence-electron chi connectivity index (χ3n) is 7.78. The van der Waals surface area contributed by atoms with E-state index in [9.17, 15) is 0 Å². The Hall–Kier alpha value is -2.36. The molecule has 0 bridgehead atoms. The zero-order valence-electron chi connectivity index (χ0n) is 26.1. The molecule has 0 radical (unpaired) electrons. The van der Waals surface area contributed by atoms with Gasteiger partial charge in [-0.25, -0.2) is 9.13 Å². The fourth-order valence-corrected chi connectivity index (χ4v) is 5.28. The topological polar surface area (TPSA) is 32.5 Å². The Morgan fingerprint density at radius 3 is 1.15 bits per heavy atom. The maximum Gasteiger partial charge on any atom is 0.177 e. The Kier molecular flexibility index (Phi) is 20.7. The van der Waals surface area contributed by atoms with Crippen LogP contribution < -0.4 is 9.13 Å². The largest absolute Gasteiger partial charge is 0.204 e. The lowest BCUT2D eigenvalue weighted by atomic mass is 10.1. The summed E-state index contributed by atoms with van der Waals surface area (Å²) in [5.74, 6) is 0. The minimum absolute atomic E-state index is 1.07. The van der Waals surface area contributed by atoms with Crippen LogP contribution in [-0.2, 0) is 13.1 Å². The number of nitrogens with zero attached hydrogens (tertiary/aromatic N) is 4. The van der Waals surface area contributed by atoms with Crippen LogP contribution in [0.2, 0.25) is 0 Å². The number of pyridine rings is 2. The van der Waals surface area contributed by atoms with E-state index in [0.29, 0.717) is 0 Å². The number of aromatic nitrogens is 2. The van der Waals surface area contributed by atoms with Crippen molar-refractivity contribution < 1.29 is 9.13 Å². The maximum absolute atomic E-state index is 4.31. The standard InChI is InChI=1S/C36H60N4/c1-3-5-7-9-11-13-15-17-19-21-27-39-29-23-25-35(33-39)31-37-38-32-36-26-24-30-40(34-36)28-22-20-18-16-14-12-10-8-6-4-2/h23-26,29-34H,3-22,27-28H2,1-2H3/q+2/b37-31+,38-32+. The average Bonchev–Trinajstić information content (AvgIpc) is 2.98. The molecule has 0 spiro atoms. The van der Waals surface area contributed by atoms with Crippen LogP contribution in [0, 0.1) is 0 Å². The molecule has 2 aromatic heterocycles. The van der Waals surface area contributed by atoms with Gasteiger partial charge in [-0.15, -0.1) is 0 Å². The molecule has 0 aliphatic carbocycles. The monoisotopic (exact) mass is 548 g/mol. The van der Waals surface area contributed by atoms with Crippen molar-refractivity contribution in [3.05, 3.63) is 60.2 Å². The summed E-state index contributed by atoms with van der Waals surface area (Å²) in [5, 5.41) is 8.63. The highest BCUT2D eigenvalue weighted by atomic mass is 15.2. The molecule has 0 amide bonds. The summed E-state index contributed by atoms with van der Waals surface area (Å²) in [4.78, 5) is 0. The van der Waals surface area contributed by atoms with Gasteiger partial charge in [0.15, 0.2) is 24.8 Å². The second kappa shape index (κ2) is 24.4. The van der Waals surface area contributed by atoms with Crippen molar-refractivity contribution in [2.24, 2.45) is 10.2 Å². The molecule has 0 unspecified atom stereocenters. The molecular weight excluding hydrogens is 488 g/mol. The zero-order valence-corrected chi connectivity index (χ0v) is 26.1. The predicted octanol–water partition coefficient (Wildman–Crippen LogP) is 9.56. The molecule has 2 rings (SSSR count). The first kappa shape index (κ1) is 33.8. The predicted molar refractivity (Wildman–Crippen MR) is 172 cm³/mol. The highest BCUT2D eigenvalue weighted by molar-refractivity contribution is 5.81. The molecule has 4 heteroatoms. The maximum atomic E-state index is 4.31. The third-order valence-corrected chi connectivity index (χ3v) is 7.78. The summed E-state index contributed by atoms with van der Waals surface area (Å²) >= 11 is 0. The van der Waals surface area contributed by atoms with Crippen molar-refractivity contribution in [3.8, 4) is 0 Å². The van der Waals surface area contributed by atoms with E-state index in [0.717, 1.165) is 24.2 Å². The Morgan fingerprint density at radius 2 is 0.800 bits per heavy atom. The molecule has 0 N–H and O–H groups in total. The fourth-order valence-electron chi connectivity index (χ4n) is 5.28. The minimum atomic E-state index is 1.07. The number of rotatable bonds is 25. The third kappa shape index (κ3) is 18.1. The lowest BCUT2D eigenvalue weighted by Gasteiger charge is -2.01. The van der Waals surface area contributed by atoms with Crippen LogP contribution in [0.25, 0.3) is 0 Å². The van der Waals surface area contributed by atoms with Crippen LogP contribution in [0.3, 0.4) is 0 Å². The molecule has 0 saturated carbocycles. The van der Waals surface area contributed by atoms with E-state index in [4.69, 9.17) is 0 Å². The summed E-state index contributed by atoms with van der Waals surface area (Å²) in [6, 6.07) is 8.40. The highest BCUT2D eigenvalue weighted by Gasteiger charge is 2.03. The van der Waals surface area contributed by atoms with Gasteiger partial charge in [0.1, 0.15) is 13.1 Å². The Labute approximate surface area is 247 Å². The zero-order chi connectivity index (χ0) is 28.4. The lowest BCUT2D eigenvalue weighted by molar-refractivity contribution is -0.697. The van der Waals surface area contributed by atoms with Crippen molar-refractivity contribution in [1.82, 2.24) is 0 Å². The van der Waals surface area contributed by atoms with E-state index in [-0.39, 0.29) is 0 Å². The van der Waals surface area contributed by atoms with Crippen molar-refractivity contribution in [3.63, 3.8) is 0 Å². The molecule has 4 nitrogen and oxygen atoms in total. The average molecular weight is 549 g/mol. The fraction of sp³-hybridized carbons (Fsp3) is 0.667. The van der Waals surface area contributed by atoms with Crippen molar-refractivity contribution >= 4 is 12.4 Å². The van der Waals surface area contributed by atoms with E-state index in [1.54, 1.807) is 0 Å². The smallest absolute Gasteiger partial charge is 0.177 e. The van der Waals surface area contributed by atoms with Crippen molar-refractivity contribution in [2.45, 2.75) is 155 Å². The molecular formula is C36H60N4+2. The normalized spacial score (nSPS) is 11.8. The number of unbranched alkanes of at least 4 members (excludes halogenated alkanes) is 18. The van der Waals surface area contributed by atoms with Crippen LogP contribution in [0.4, 0.5) is 0 Å². The Morgan fingerprint density at radius 1 is 0.475 bits per heavy atom. The summed E-state index contributed by atoms with van der Waals surface area (Å²) < 4.78 is 4.56. The van der Waals surface area contributed by atoms with Gasteiger partial charge in [0.2, 0.25) is 0 Å². The Balaban J connectivity index is 1.60. The second-order valence-electron chi connectivity index (χ2n) is 11.6. The highest BCUT2D eigenvalue weighted by Crippen LogP contribution is 2.11. The molecule has 40 heavy (non-hydrogen) atoms. The summed E-state index contributed by atoms with van der Waals surface area (Å²) in [5.41, 5.74) is 2.19. The first-order valence-electron chi connectivity index (χ1n) is 16.9. The molecule has 2 heterocycles. The van der Waals surface area contributed by atoms with Gasteiger partial charge in [-0.1, -0.05) is 117 Å². The molecule has 222 valence electrons. The van der Waals surface area contributed by atoms with Crippen molar-refractivity contribution in [1.29, 1.82) is 0 Å². The molecule has 0 aromatic carbocycles. The van der Waals surface area contributed by atoms with Gasteiger partial charge in [-0.2, -0.15) is 10.2 Å². The first-order chi connectivity index (χ1) is 19.8. The van der Waals surface area contributed by atoms with Gasteiger partial charge in [-0.3, -0.25) is 0 Å².